The lowest BCUT2D eigenvalue weighted by Crippen LogP contribution is -2.43. The van der Waals surface area contributed by atoms with Crippen LogP contribution in [0.15, 0.2) is 0 Å². The first-order chi connectivity index (χ1) is 6.97. The molecule has 1 saturated carbocycles. The maximum atomic E-state index is 12.0. The van der Waals surface area contributed by atoms with E-state index in [2.05, 4.69) is 0 Å². The second-order valence-electron chi connectivity index (χ2n) is 5.40. The first-order valence-corrected chi connectivity index (χ1v) is 5.93. The number of amides is 1. The normalized spacial score (nSPS) is 17.3. The summed E-state index contributed by atoms with van der Waals surface area (Å²) < 4.78 is 0. The monoisotopic (exact) mass is 212 g/mol. The van der Waals surface area contributed by atoms with E-state index in [0.717, 1.165) is 18.9 Å². The zero-order valence-electron chi connectivity index (χ0n) is 10.3. The van der Waals surface area contributed by atoms with Crippen molar-refractivity contribution < 1.29 is 4.79 Å². The summed E-state index contributed by atoms with van der Waals surface area (Å²) in [4.78, 5) is 13.8. The third kappa shape index (κ3) is 3.20. The summed E-state index contributed by atoms with van der Waals surface area (Å²) in [6, 6.07) is 0. The number of hydrogen-bond donors (Lipinski definition) is 1. The molecule has 0 heterocycles. The van der Waals surface area contributed by atoms with Crippen molar-refractivity contribution in [2.45, 2.75) is 39.5 Å². The molecule has 0 aliphatic heterocycles. The second-order valence-corrected chi connectivity index (χ2v) is 5.40. The van der Waals surface area contributed by atoms with Crippen molar-refractivity contribution in [1.29, 1.82) is 0 Å². The number of carbonyl (C=O) groups is 1. The summed E-state index contributed by atoms with van der Waals surface area (Å²) in [6.45, 7) is 5.12. The molecule has 0 bridgehead atoms. The molecule has 1 aliphatic rings. The van der Waals surface area contributed by atoms with Gasteiger partial charge in [-0.25, -0.2) is 0 Å². The van der Waals surface area contributed by atoms with Crippen LogP contribution in [-0.2, 0) is 4.79 Å². The number of carbonyl (C=O) groups excluding carboxylic acids is 1. The van der Waals surface area contributed by atoms with Crippen LogP contribution >= 0.6 is 0 Å². The predicted octanol–water partition coefficient (Wildman–Crippen LogP) is 1.62. The number of hydrogen-bond acceptors (Lipinski definition) is 2. The van der Waals surface area contributed by atoms with Gasteiger partial charge in [0.1, 0.15) is 0 Å². The number of nitrogens with zero attached hydrogens (tertiary/aromatic N) is 1. The molecule has 0 spiro atoms. The average Bonchev–Trinajstić information content (AvgIpc) is 2.14. The third-order valence-corrected chi connectivity index (χ3v) is 3.53. The summed E-state index contributed by atoms with van der Waals surface area (Å²) in [6.07, 6.45) is 5.23. The molecule has 3 heteroatoms. The Balaban J connectivity index is 2.31. The van der Waals surface area contributed by atoms with Gasteiger partial charge in [-0.05, 0) is 26.2 Å². The maximum absolute atomic E-state index is 12.0. The Kier molecular flexibility index (Phi) is 4.14. The SMILES string of the molecule is CN(CCC1CCC1)C(=O)C(C)(C)CN. The summed E-state index contributed by atoms with van der Waals surface area (Å²) in [5.41, 5.74) is 5.18. The molecule has 0 aromatic carbocycles. The summed E-state index contributed by atoms with van der Waals surface area (Å²) >= 11 is 0. The van der Waals surface area contributed by atoms with E-state index in [0.29, 0.717) is 6.54 Å². The van der Waals surface area contributed by atoms with E-state index in [1.165, 1.54) is 19.3 Å². The molecule has 0 unspecified atom stereocenters. The van der Waals surface area contributed by atoms with E-state index >= 15 is 0 Å². The molecule has 1 fully saturated rings. The second kappa shape index (κ2) is 4.97. The van der Waals surface area contributed by atoms with Crippen LogP contribution in [0, 0.1) is 11.3 Å². The number of nitrogens with two attached hydrogens (primary N) is 1. The van der Waals surface area contributed by atoms with E-state index < -0.39 is 5.41 Å². The molecular formula is C12H24N2O. The van der Waals surface area contributed by atoms with E-state index in [-0.39, 0.29) is 5.91 Å². The fraction of sp³-hybridized carbons (Fsp3) is 0.917. The van der Waals surface area contributed by atoms with Crippen LogP contribution in [0.2, 0.25) is 0 Å². The average molecular weight is 212 g/mol. The van der Waals surface area contributed by atoms with Crippen molar-refractivity contribution in [2.24, 2.45) is 17.1 Å². The van der Waals surface area contributed by atoms with Crippen LogP contribution in [-0.4, -0.2) is 30.9 Å². The Morgan fingerprint density at radius 2 is 2.07 bits per heavy atom. The fourth-order valence-corrected chi connectivity index (χ4v) is 1.86. The van der Waals surface area contributed by atoms with Crippen LogP contribution in [0.1, 0.15) is 39.5 Å². The summed E-state index contributed by atoms with van der Waals surface area (Å²) in [5.74, 6) is 1.03. The first-order valence-electron chi connectivity index (χ1n) is 5.93. The zero-order chi connectivity index (χ0) is 11.5. The zero-order valence-corrected chi connectivity index (χ0v) is 10.3. The van der Waals surface area contributed by atoms with E-state index in [1.54, 1.807) is 0 Å². The lowest BCUT2D eigenvalue weighted by atomic mass is 9.83. The highest BCUT2D eigenvalue weighted by Crippen LogP contribution is 2.29. The van der Waals surface area contributed by atoms with E-state index in [4.69, 9.17) is 5.73 Å². The summed E-state index contributed by atoms with van der Waals surface area (Å²) in [7, 11) is 1.89. The molecule has 2 N–H and O–H groups in total. The minimum absolute atomic E-state index is 0.171. The molecule has 3 nitrogen and oxygen atoms in total. The lowest BCUT2D eigenvalue weighted by Gasteiger charge is -2.31. The van der Waals surface area contributed by atoms with Gasteiger partial charge in [-0.2, -0.15) is 0 Å². The number of rotatable bonds is 5. The van der Waals surface area contributed by atoms with Crippen LogP contribution < -0.4 is 5.73 Å². The minimum atomic E-state index is -0.408. The van der Waals surface area contributed by atoms with Crippen molar-refractivity contribution in [1.82, 2.24) is 4.90 Å². The van der Waals surface area contributed by atoms with Crippen LogP contribution in [0.5, 0.6) is 0 Å². The van der Waals surface area contributed by atoms with Gasteiger partial charge in [-0.15, -0.1) is 0 Å². The Morgan fingerprint density at radius 1 is 1.47 bits per heavy atom. The molecule has 0 aromatic rings. The van der Waals surface area contributed by atoms with Crippen molar-refractivity contribution in [3.63, 3.8) is 0 Å². The van der Waals surface area contributed by atoms with Gasteiger partial charge in [-0.3, -0.25) is 4.79 Å². The minimum Gasteiger partial charge on any atom is -0.345 e. The standard InChI is InChI=1S/C12H24N2O/c1-12(2,9-13)11(15)14(3)8-7-10-5-4-6-10/h10H,4-9,13H2,1-3H3. The Bertz CT molecular complexity index is 222. The maximum Gasteiger partial charge on any atom is 0.229 e. The molecule has 0 aromatic heterocycles. The van der Waals surface area contributed by atoms with Gasteiger partial charge in [-0.1, -0.05) is 19.3 Å². The fourth-order valence-electron chi connectivity index (χ4n) is 1.86. The molecule has 1 aliphatic carbocycles. The highest BCUT2D eigenvalue weighted by molar-refractivity contribution is 5.81. The largest absolute Gasteiger partial charge is 0.345 e. The van der Waals surface area contributed by atoms with Gasteiger partial charge in [0.15, 0.2) is 0 Å². The van der Waals surface area contributed by atoms with Gasteiger partial charge in [0, 0.05) is 20.1 Å². The Labute approximate surface area is 93.0 Å². The molecule has 0 saturated heterocycles. The quantitative estimate of drug-likeness (QED) is 0.752. The Hall–Kier alpha value is -0.570. The van der Waals surface area contributed by atoms with Crippen molar-refractivity contribution in [2.75, 3.05) is 20.1 Å². The molecule has 1 rings (SSSR count). The van der Waals surface area contributed by atoms with Crippen molar-refractivity contribution >= 4 is 5.91 Å². The smallest absolute Gasteiger partial charge is 0.229 e. The van der Waals surface area contributed by atoms with Gasteiger partial charge in [0.25, 0.3) is 0 Å². The third-order valence-electron chi connectivity index (χ3n) is 3.53. The van der Waals surface area contributed by atoms with Gasteiger partial charge in [0.2, 0.25) is 5.91 Å². The van der Waals surface area contributed by atoms with Gasteiger partial charge >= 0.3 is 0 Å². The van der Waals surface area contributed by atoms with E-state index in [1.807, 2.05) is 25.8 Å². The van der Waals surface area contributed by atoms with E-state index in [9.17, 15) is 4.79 Å². The van der Waals surface area contributed by atoms with Crippen LogP contribution in [0.3, 0.4) is 0 Å². The van der Waals surface area contributed by atoms with Crippen LogP contribution in [0.4, 0.5) is 0 Å². The van der Waals surface area contributed by atoms with Gasteiger partial charge in [0.05, 0.1) is 5.41 Å². The Morgan fingerprint density at radius 3 is 2.47 bits per heavy atom. The van der Waals surface area contributed by atoms with Crippen molar-refractivity contribution in [3.05, 3.63) is 0 Å². The highest BCUT2D eigenvalue weighted by atomic mass is 16.2. The summed E-state index contributed by atoms with van der Waals surface area (Å²) in [5, 5.41) is 0. The van der Waals surface area contributed by atoms with Gasteiger partial charge < -0.3 is 10.6 Å². The highest BCUT2D eigenvalue weighted by Gasteiger charge is 2.29. The first kappa shape index (κ1) is 12.5. The molecule has 0 atom stereocenters. The topological polar surface area (TPSA) is 46.3 Å². The molecular weight excluding hydrogens is 188 g/mol. The predicted molar refractivity (Wildman–Crippen MR) is 62.4 cm³/mol. The molecule has 0 radical (unpaired) electrons. The lowest BCUT2D eigenvalue weighted by molar-refractivity contribution is -0.138. The molecule has 15 heavy (non-hydrogen) atoms. The van der Waals surface area contributed by atoms with Crippen LogP contribution in [0.25, 0.3) is 0 Å². The molecule has 88 valence electrons. The molecule has 1 amide bonds. The van der Waals surface area contributed by atoms with Crippen molar-refractivity contribution in [3.8, 4) is 0 Å².